The van der Waals surface area contributed by atoms with Gasteiger partial charge in [0.05, 0.1) is 5.75 Å². The highest BCUT2D eigenvalue weighted by atomic mass is 32.2. The smallest absolute Gasteiger partial charge is 0.230 e. The third-order valence-electron chi connectivity index (χ3n) is 1.53. The Bertz CT molecular complexity index is 340. The zero-order valence-corrected chi connectivity index (χ0v) is 12.0. The Hall–Kier alpha value is -0.270. The topological polar surface area (TPSA) is 54.9 Å². The van der Waals surface area contributed by atoms with Gasteiger partial charge in [-0.15, -0.1) is 10.2 Å². The molecule has 1 N–H and O–H groups in total. The fourth-order valence-corrected chi connectivity index (χ4v) is 3.62. The third-order valence-corrected chi connectivity index (χ3v) is 5.15. The van der Waals surface area contributed by atoms with Crippen LogP contribution in [0.1, 0.15) is 13.8 Å². The normalized spacial score (nSPS) is 10.8. The van der Waals surface area contributed by atoms with Crippen LogP contribution in [0.5, 0.6) is 0 Å². The SMILES string of the molecule is CNC(=O)CSc1nnc(SCC(C)C)s1. The number of nitrogens with one attached hydrogen (secondary N) is 1. The molecular formula is C9H15N3OS3. The maximum atomic E-state index is 11.0. The maximum absolute atomic E-state index is 11.0. The number of carbonyl (C=O) groups excluding carboxylic acids is 1. The second kappa shape index (κ2) is 7.13. The van der Waals surface area contributed by atoms with Crippen molar-refractivity contribution in [2.24, 2.45) is 5.92 Å². The Morgan fingerprint density at radius 1 is 1.38 bits per heavy atom. The summed E-state index contributed by atoms with van der Waals surface area (Å²) in [6.45, 7) is 4.35. The first-order valence-electron chi connectivity index (χ1n) is 4.91. The van der Waals surface area contributed by atoms with Crippen molar-refractivity contribution in [2.45, 2.75) is 22.5 Å². The largest absolute Gasteiger partial charge is 0.358 e. The predicted octanol–water partition coefficient (Wildman–Crippen LogP) is 2.12. The Labute approximate surface area is 108 Å². The van der Waals surface area contributed by atoms with Gasteiger partial charge in [0, 0.05) is 12.8 Å². The van der Waals surface area contributed by atoms with Gasteiger partial charge in [0.2, 0.25) is 5.91 Å². The second-order valence-electron chi connectivity index (χ2n) is 3.50. The van der Waals surface area contributed by atoms with Gasteiger partial charge in [0.25, 0.3) is 0 Å². The van der Waals surface area contributed by atoms with E-state index in [1.54, 1.807) is 30.1 Å². The molecule has 0 fully saturated rings. The van der Waals surface area contributed by atoms with E-state index in [1.165, 1.54) is 11.8 Å². The molecule has 1 rings (SSSR count). The van der Waals surface area contributed by atoms with Crippen molar-refractivity contribution in [1.82, 2.24) is 15.5 Å². The van der Waals surface area contributed by atoms with Crippen LogP contribution < -0.4 is 5.32 Å². The molecule has 0 aliphatic carbocycles. The first-order chi connectivity index (χ1) is 7.61. The van der Waals surface area contributed by atoms with Crippen LogP contribution >= 0.6 is 34.9 Å². The quantitative estimate of drug-likeness (QED) is 0.807. The monoisotopic (exact) mass is 277 g/mol. The molecule has 0 unspecified atom stereocenters. The molecule has 1 aromatic rings. The van der Waals surface area contributed by atoms with Gasteiger partial charge < -0.3 is 5.32 Å². The van der Waals surface area contributed by atoms with Crippen LogP contribution in [-0.2, 0) is 4.79 Å². The van der Waals surface area contributed by atoms with Crippen molar-refractivity contribution >= 4 is 40.8 Å². The molecule has 0 aromatic carbocycles. The number of hydrogen-bond donors (Lipinski definition) is 1. The summed E-state index contributed by atoms with van der Waals surface area (Å²) in [7, 11) is 1.63. The van der Waals surface area contributed by atoms with Crippen LogP contribution in [0.2, 0.25) is 0 Å². The molecule has 1 aromatic heterocycles. The lowest BCUT2D eigenvalue weighted by Crippen LogP contribution is -2.19. The van der Waals surface area contributed by atoms with E-state index in [0.29, 0.717) is 11.7 Å². The highest BCUT2D eigenvalue weighted by molar-refractivity contribution is 8.03. The summed E-state index contributed by atoms with van der Waals surface area (Å²) >= 11 is 4.70. The summed E-state index contributed by atoms with van der Waals surface area (Å²) in [5.41, 5.74) is 0. The van der Waals surface area contributed by atoms with E-state index in [4.69, 9.17) is 0 Å². The molecule has 0 saturated heterocycles. The zero-order valence-electron chi connectivity index (χ0n) is 9.52. The van der Waals surface area contributed by atoms with Crippen molar-refractivity contribution < 1.29 is 4.79 Å². The van der Waals surface area contributed by atoms with Crippen LogP contribution in [0.4, 0.5) is 0 Å². The van der Waals surface area contributed by atoms with Crippen molar-refractivity contribution in [2.75, 3.05) is 18.6 Å². The molecule has 0 atom stereocenters. The summed E-state index contributed by atoms with van der Waals surface area (Å²) in [6, 6.07) is 0. The van der Waals surface area contributed by atoms with Crippen molar-refractivity contribution in [1.29, 1.82) is 0 Å². The molecule has 0 aliphatic heterocycles. The average Bonchev–Trinajstić information content (AvgIpc) is 2.71. The van der Waals surface area contributed by atoms with Gasteiger partial charge in [-0.25, -0.2) is 0 Å². The van der Waals surface area contributed by atoms with Crippen molar-refractivity contribution in [3.63, 3.8) is 0 Å². The standard InChI is InChI=1S/C9H15N3OS3/c1-6(2)4-14-8-11-12-9(16-8)15-5-7(13)10-3/h6H,4-5H2,1-3H3,(H,10,13). The highest BCUT2D eigenvalue weighted by Crippen LogP contribution is 2.29. The lowest BCUT2D eigenvalue weighted by atomic mass is 10.3. The lowest BCUT2D eigenvalue weighted by molar-refractivity contribution is -0.118. The van der Waals surface area contributed by atoms with E-state index in [2.05, 4.69) is 29.4 Å². The predicted molar refractivity (Wildman–Crippen MR) is 70.3 cm³/mol. The Balaban J connectivity index is 2.36. The van der Waals surface area contributed by atoms with Crippen LogP contribution in [0.3, 0.4) is 0 Å². The van der Waals surface area contributed by atoms with Gasteiger partial charge in [0.15, 0.2) is 8.68 Å². The number of carbonyl (C=O) groups is 1. The summed E-state index contributed by atoms with van der Waals surface area (Å²) in [5, 5.41) is 10.7. The van der Waals surface area contributed by atoms with Gasteiger partial charge in [-0.2, -0.15) is 0 Å². The lowest BCUT2D eigenvalue weighted by Gasteiger charge is -1.99. The summed E-state index contributed by atoms with van der Waals surface area (Å²) < 4.78 is 1.84. The molecule has 0 radical (unpaired) electrons. The van der Waals surface area contributed by atoms with Crippen molar-refractivity contribution in [3.8, 4) is 0 Å². The van der Waals surface area contributed by atoms with Gasteiger partial charge >= 0.3 is 0 Å². The third kappa shape index (κ3) is 5.18. The van der Waals surface area contributed by atoms with Gasteiger partial charge in [-0.1, -0.05) is 48.7 Å². The van der Waals surface area contributed by atoms with Crippen LogP contribution in [0.15, 0.2) is 8.68 Å². The van der Waals surface area contributed by atoms with E-state index in [9.17, 15) is 4.79 Å². The summed E-state index contributed by atoms with van der Waals surface area (Å²) in [4.78, 5) is 11.0. The fourth-order valence-electron chi connectivity index (χ4n) is 0.751. The van der Waals surface area contributed by atoms with E-state index in [-0.39, 0.29) is 5.91 Å². The Kier molecular flexibility index (Phi) is 6.15. The number of thioether (sulfide) groups is 2. The molecule has 90 valence electrons. The van der Waals surface area contributed by atoms with Crippen LogP contribution in [0, 0.1) is 5.92 Å². The van der Waals surface area contributed by atoms with Gasteiger partial charge in [0.1, 0.15) is 0 Å². The minimum absolute atomic E-state index is 0.0107. The van der Waals surface area contributed by atoms with E-state index < -0.39 is 0 Å². The van der Waals surface area contributed by atoms with E-state index in [1.807, 2.05) is 0 Å². The van der Waals surface area contributed by atoms with Gasteiger partial charge in [-0.05, 0) is 5.92 Å². The minimum Gasteiger partial charge on any atom is -0.358 e. The number of aromatic nitrogens is 2. The van der Waals surface area contributed by atoms with Crippen molar-refractivity contribution in [3.05, 3.63) is 0 Å². The first-order valence-corrected chi connectivity index (χ1v) is 7.70. The molecule has 0 aliphatic rings. The molecule has 7 heteroatoms. The fraction of sp³-hybridized carbons (Fsp3) is 0.667. The highest BCUT2D eigenvalue weighted by Gasteiger charge is 2.08. The van der Waals surface area contributed by atoms with Crippen LogP contribution in [0.25, 0.3) is 0 Å². The number of hydrogen-bond acceptors (Lipinski definition) is 6. The summed E-state index contributed by atoms with van der Waals surface area (Å²) in [6.07, 6.45) is 0. The zero-order chi connectivity index (χ0) is 12.0. The molecular weight excluding hydrogens is 262 g/mol. The molecule has 1 amide bonds. The molecule has 4 nitrogen and oxygen atoms in total. The number of nitrogens with zero attached hydrogens (tertiary/aromatic N) is 2. The molecule has 0 spiro atoms. The number of amides is 1. The molecule has 0 bridgehead atoms. The minimum atomic E-state index is 0.0107. The first kappa shape index (κ1) is 13.8. The van der Waals surface area contributed by atoms with E-state index >= 15 is 0 Å². The molecule has 16 heavy (non-hydrogen) atoms. The van der Waals surface area contributed by atoms with Crippen LogP contribution in [-0.4, -0.2) is 34.7 Å². The number of rotatable bonds is 6. The summed E-state index contributed by atoms with van der Waals surface area (Å²) in [5.74, 6) is 2.11. The average molecular weight is 277 g/mol. The Morgan fingerprint density at radius 2 is 2.00 bits per heavy atom. The Morgan fingerprint density at radius 3 is 2.56 bits per heavy atom. The second-order valence-corrected chi connectivity index (χ2v) is 6.97. The van der Waals surface area contributed by atoms with E-state index in [0.717, 1.165) is 14.4 Å². The molecule has 0 saturated carbocycles. The van der Waals surface area contributed by atoms with Gasteiger partial charge in [-0.3, -0.25) is 4.79 Å². The maximum Gasteiger partial charge on any atom is 0.230 e. The molecule has 1 heterocycles.